The van der Waals surface area contributed by atoms with Crippen LogP contribution in [0.25, 0.3) is 0 Å². The Labute approximate surface area is 148 Å². The molecule has 0 aliphatic carbocycles. The van der Waals surface area contributed by atoms with Crippen LogP contribution in [0.2, 0.25) is 0 Å². The maximum absolute atomic E-state index is 12.5. The summed E-state index contributed by atoms with van der Waals surface area (Å²) in [5, 5.41) is 0. The Balaban J connectivity index is 1.80. The predicted molar refractivity (Wildman–Crippen MR) is 95.7 cm³/mol. The van der Waals surface area contributed by atoms with Crippen LogP contribution in [0.4, 0.5) is 0 Å². The first-order chi connectivity index (χ1) is 12.1. The number of nitrogens with zero attached hydrogens (tertiary/aromatic N) is 2. The normalized spacial score (nSPS) is 17.3. The van der Waals surface area contributed by atoms with E-state index >= 15 is 0 Å². The van der Waals surface area contributed by atoms with Gasteiger partial charge in [0, 0.05) is 38.1 Å². The maximum Gasteiger partial charge on any atom is 0.242 e. The zero-order valence-corrected chi connectivity index (χ0v) is 15.1. The molecule has 134 valence electrons. The van der Waals surface area contributed by atoms with Gasteiger partial charge in [-0.25, -0.2) is 13.1 Å². The van der Waals surface area contributed by atoms with Gasteiger partial charge in [0.15, 0.2) is 0 Å². The van der Waals surface area contributed by atoms with Crippen molar-refractivity contribution in [1.82, 2.24) is 14.6 Å². The number of hydrogen-bond donors (Lipinski definition) is 1. The molecule has 3 rings (SSSR count). The van der Waals surface area contributed by atoms with Crippen LogP contribution in [0.15, 0.2) is 53.7 Å². The first-order valence-electron chi connectivity index (χ1n) is 8.34. The molecule has 2 heterocycles. The van der Waals surface area contributed by atoms with Crippen molar-refractivity contribution in [1.29, 1.82) is 0 Å². The minimum Gasteiger partial charge on any atom is -0.379 e. The third kappa shape index (κ3) is 4.64. The van der Waals surface area contributed by atoms with Crippen molar-refractivity contribution >= 4 is 10.0 Å². The number of hydrogen-bond acceptors (Lipinski definition) is 5. The fourth-order valence-electron chi connectivity index (χ4n) is 3.00. The van der Waals surface area contributed by atoms with E-state index in [0.29, 0.717) is 19.8 Å². The standard InChI is InChI=1S/C18H23N3O3S/c1-15-4-2-5-16(12-15)18(21-8-10-24-11-9-21)14-20-25(22,23)17-6-3-7-19-13-17/h2-7,12-13,18,20H,8-11,14H2,1H3. The molecule has 0 bridgehead atoms. The Hall–Kier alpha value is -1.80. The highest BCUT2D eigenvalue weighted by Gasteiger charge is 2.25. The zero-order chi connectivity index (χ0) is 17.7. The molecule has 0 amide bonds. The van der Waals surface area contributed by atoms with E-state index in [1.807, 2.05) is 25.1 Å². The summed E-state index contributed by atoms with van der Waals surface area (Å²) in [5.41, 5.74) is 2.27. The number of nitrogens with one attached hydrogen (secondary N) is 1. The van der Waals surface area contributed by atoms with Crippen molar-refractivity contribution in [3.8, 4) is 0 Å². The molecular weight excluding hydrogens is 338 g/mol. The van der Waals surface area contributed by atoms with Gasteiger partial charge >= 0.3 is 0 Å². The Kier molecular flexibility index (Phi) is 5.80. The Morgan fingerprint density at radius 2 is 2.04 bits per heavy atom. The monoisotopic (exact) mass is 361 g/mol. The molecule has 1 unspecified atom stereocenters. The van der Waals surface area contributed by atoms with Gasteiger partial charge in [-0.1, -0.05) is 29.8 Å². The van der Waals surface area contributed by atoms with Gasteiger partial charge in [0.25, 0.3) is 0 Å². The van der Waals surface area contributed by atoms with Gasteiger partial charge in [-0.05, 0) is 24.6 Å². The van der Waals surface area contributed by atoms with E-state index in [1.54, 1.807) is 18.3 Å². The molecule has 25 heavy (non-hydrogen) atoms. The first kappa shape index (κ1) is 18.0. The summed E-state index contributed by atoms with van der Waals surface area (Å²) in [6.07, 6.45) is 2.92. The average molecular weight is 361 g/mol. The quantitative estimate of drug-likeness (QED) is 0.849. The number of morpholine rings is 1. The summed E-state index contributed by atoms with van der Waals surface area (Å²) in [6.45, 7) is 5.25. The van der Waals surface area contributed by atoms with Crippen LogP contribution in [-0.4, -0.2) is 51.1 Å². The average Bonchev–Trinajstić information content (AvgIpc) is 2.63. The van der Waals surface area contributed by atoms with E-state index in [1.165, 1.54) is 6.20 Å². The van der Waals surface area contributed by atoms with Crippen LogP contribution in [-0.2, 0) is 14.8 Å². The third-order valence-electron chi connectivity index (χ3n) is 4.32. The van der Waals surface area contributed by atoms with Crippen LogP contribution < -0.4 is 4.72 Å². The van der Waals surface area contributed by atoms with Gasteiger partial charge in [-0.2, -0.15) is 0 Å². The van der Waals surface area contributed by atoms with Gasteiger partial charge in [0.2, 0.25) is 10.0 Å². The molecule has 2 aromatic rings. The molecule has 1 N–H and O–H groups in total. The largest absolute Gasteiger partial charge is 0.379 e. The van der Waals surface area contributed by atoms with E-state index in [-0.39, 0.29) is 10.9 Å². The van der Waals surface area contributed by atoms with Crippen molar-refractivity contribution in [2.45, 2.75) is 17.9 Å². The smallest absolute Gasteiger partial charge is 0.242 e. The van der Waals surface area contributed by atoms with Gasteiger partial charge in [-0.15, -0.1) is 0 Å². The second-order valence-corrected chi connectivity index (χ2v) is 7.89. The topological polar surface area (TPSA) is 71.5 Å². The molecule has 1 saturated heterocycles. The molecule has 1 aliphatic heterocycles. The summed E-state index contributed by atoms with van der Waals surface area (Å²) in [4.78, 5) is 6.34. The van der Waals surface area contributed by atoms with E-state index < -0.39 is 10.0 Å². The highest BCUT2D eigenvalue weighted by Crippen LogP contribution is 2.23. The number of rotatable bonds is 6. The number of aromatic nitrogens is 1. The first-order valence-corrected chi connectivity index (χ1v) is 9.83. The minimum absolute atomic E-state index is 0.0322. The lowest BCUT2D eigenvalue weighted by atomic mass is 10.0. The highest BCUT2D eigenvalue weighted by molar-refractivity contribution is 7.89. The van der Waals surface area contributed by atoms with E-state index in [9.17, 15) is 8.42 Å². The summed E-state index contributed by atoms with van der Waals surface area (Å²) < 4.78 is 33.2. The molecule has 0 spiro atoms. The number of sulfonamides is 1. The molecule has 1 aliphatic rings. The zero-order valence-electron chi connectivity index (χ0n) is 14.3. The van der Waals surface area contributed by atoms with Crippen molar-refractivity contribution in [3.05, 3.63) is 59.9 Å². The van der Waals surface area contributed by atoms with Crippen molar-refractivity contribution < 1.29 is 13.2 Å². The van der Waals surface area contributed by atoms with Crippen LogP contribution in [0.1, 0.15) is 17.2 Å². The minimum atomic E-state index is -3.58. The second kappa shape index (κ2) is 8.05. The SMILES string of the molecule is Cc1cccc(C(CNS(=O)(=O)c2cccnc2)N2CCOCC2)c1. The Morgan fingerprint density at radius 3 is 2.72 bits per heavy atom. The molecule has 1 aromatic carbocycles. The Morgan fingerprint density at radius 1 is 1.24 bits per heavy atom. The summed E-state index contributed by atoms with van der Waals surface area (Å²) in [5.74, 6) is 0. The number of aryl methyl sites for hydroxylation is 1. The lowest BCUT2D eigenvalue weighted by Crippen LogP contribution is -2.43. The number of pyridine rings is 1. The summed E-state index contributed by atoms with van der Waals surface area (Å²) in [6, 6.07) is 11.3. The lowest BCUT2D eigenvalue weighted by Gasteiger charge is -2.35. The second-order valence-electron chi connectivity index (χ2n) is 6.12. The molecule has 1 fully saturated rings. The van der Waals surface area contributed by atoms with Crippen LogP contribution >= 0.6 is 0 Å². The fourth-order valence-corrected chi connectivity index (χ4v) is 4.00. The third-order valence-corrected chi connectivity index (χ3v) is 5.73. The van der Waals surface area contributed by atoms with Crippen LogP contribution in [0.3, 0.4) is 0 Å². The highest BCUT2D eigenvalue weighted by atomic mass is 32.2. The summed E-state index contributed by atoms with van der Waals surface area (Å²) in [7, 11) is -3.58. The number of benzene rings is 1. The molecule has 7 heteroatoms. The van der Waals surface area contributed by atoms with Gasteiger partial charge < -0.3 is 4.74 Å². The van der Waals surface area contributed by atoms with Gasteiger partial charge in [0.05, 0.1) is 13.2 Å². The molecule has 6 nitrogen and oxygen atoms in total. The Bertz CT molecular complexity index is 790. The molecule has 1 atom stereocenters. The van der Waals surface area contributed by atoms with Crippen molar-refractivity contribution in [2.24, 2.45) is 0 Å². The predicted octanol–water partition coefficient (Wildman–Crippen LogP) is 1.74. The van der Waals surface area contributed by atoms with E-state index in [4.69, 9.17) is 4.74 Å². The molecule has 0 radical (unpaired) electrons. The van der Waals surface area contributed by atoms with Crippen molar-refractivity contribution in [2.75, 3.05) is 32.8 Å². The van der Waals surface area contributed by atoms with E-state index in [2.05, 4.69) is 20.7 Å². The van der Waals surface area contributed by atoms with E-state index in [0.717, 1.165) is 24.2 Å². The van der Waals surface area contributed by atoms with Crippen LogP contribution in [0, 0.1) is 6.92 Å². The molecular formula is C18H23N3O3S. The van der Waals surface area contributed by atoms with Crippen LogP contribution in [0.5, 0.6) is 0 Å². The van der Waals surface area contributed by atoms with Crippen molar-refractivity contribution in [3.63, 3.8) is 0 Å². The number of ether oxygens (including phenoxy) is 1. The van der Waals surface area contributed by atoms with Gasteiger partial charge in [0.1, 0.15) is 4.90 Å². The summed E-state index contributed by atoms with van der Waals surface area (Å²) >= 11 is 0. The molecule has 0 saturated carbocycles. The van der Waals surface area contributed by atoms with Gasteiger partial charge in [-0.3, -0.25) is 9.88 Å². The maximum atomic E-state index is 12.5. The fraction of sp³-hybridized carbons (Fsp3) is 0.389. The molecule has 1 aromatic heterocycles. The lowest BCUT2D eigenvalue weighted by molar-refractivity contribution is 0.0172.